The first-order valence-electron chi connectivity index (χ1n) is 5.46. The average molecular weight is 270 g/mol. The third-order valence-corrected chi connectivity index (χ3v) is 2.75. The van der Waals surface area contributed by atoms with E-state index in [1.807, 2.05) is 6.92 Å². The van der Waals surface area contributed by atoms with Gasteiger partial charge in [-0.05, 0) is 24.6 Å². The van der Waals surface area contributed by atoms with Gasteiger partial charge < -0.3 is 4.74 Å². The van der Waals surface area contributed by atoms with E-state index < -0.39 is 0 Å². The molecule has 0 aliphatic carbocycles. The van der Waals surface area contributed by atoms with Gasteiger partial charge in [-0.25, -0.2) is 9.07 Å². The molecule has 1 unspecified atom stereocenters. The largest absolute Gasteiger partial charge is 0.494 e. The third kappa shape index (κ3) is 2.79. The monoisotopic (exact) mass is 269 g/mol. The lowest BCUT2D eigenvalue weighted by atomic mass is 10.2. The second kappa shape index (κ2) is 5.35. The number of hydrogen-bond donors (Lipinski definition) is 0. The van der Waals surface area contributed by atoms with Crippen molar-refractivity contribution >= 4 is 11.6 Å². The highest BCUT2D eigenvalue weighted by Crippen LogP contribution is 2.19. The van der Waals surface area contributed by atoms with Crippen LogP contribution in [-0.4, -0.2) is 22.1 Å². The second-order valence-electron chi connectivity index (χ2n) is 3.93. The predicted molar refractivity (Wildman–Crippen MR) is 66.3 cm³/mol. The Morgan fingerprint density at radius 1 is 1.50 bits per heavy atom. The van der Waals surface area contributed by atoms with Crippen molar-refractivity contribution in [2.75, 3.05) is 7.11 Å². The van der Waals surface area contributed by atoms with E-state index in [2.05, 4.69) is 10.3 Å². The summed E-state index contributed by atoms with van der Waals surface area (Å²) in [7, 11) is 1.43. The van der Waals surface area contributed by atoms with Crippen LogP contribution in [0.1, 0.15) is 23.6 Å². The summed E-state index contributed by atoms with van der Waals surface area (Å²) in [5.41, 5.74) is 1.48. The molecule has 1 aromatic heterocycles. The van der Waals surface area contributed by atoms with E-state index in [0.717, 1.165) is 5.56 Å². The molecule has 2 aromatic rings. The van der Waals surface area contributed by atoms with Crippen LogP contribution in [0.5, 0.6) is 5.75 Å². The summed E-state index contributed by atoms with van der Waals surface area (Å²) >= 11 is 5.89. The highest BCUT2D eigenvalue weighted by molar-refractivity contribution is 6.20. The van der Waals surface area contributed by atoms with Gasteiger partial charge in [0.05, 0.1) is 25.2 Å². The van der Waals surface area contributed by atoms with E-state index in [0.29, 0.717) is 12.2 Å². The molecule has 1 aromatic carbocycles. The fourth-order valence-electron chi connectivity index (χ4n) is 1.57. The van der Waals surface area contributed by atoms with E-state index in [9.17, 15) is 4.39 Å². The molecule has 2 rings (SSSR count). The molecular formula is C12H13ClFN3O. The number of methoxy groups -OCH3 is 1. The highest BCUT2D eigenvalue weighted by atomic mass is 35.5. The van der Waals surface area contributed by atoms with Gasteiger partial charge in [0.15, 0.2) is 11.6 Å². The molecule has 96 valence electrons. The Morgan fingerprint density at radius 2 is 2.28 bits per heavy atom. The normalized spacial score (nSPS) is 12.4. The predicted octanol–water partition coefficient (Wildman–Crippen LogP) is 2.77. The molecule has 0 bridgehead atoms. The summed E-state index contributed by atoms with van der Waals surface area (Å²) in [5.74, 6) is -0.159. The van der Waals surface area contributed by atoms with E-state index in [1.165, 1.54) is 13.2 Å². The molecule has 0 saturated heterocycles. The van der Waals surface area contributed by atoms with Gasteiger partial charge in [0.1, 0.15) is 5.69 Å². The van der Waals surface area contributed by atoms with E-state index in [4.69, 9.17) is 16.3 Å². The van der Waals surface area contributed by atoms with E-state index >= 15 is 0 Å². The van der Waals surface area contributed by atoms with Gasteiger partial charge in [-0.3, -0.25) is 0 Å². The van der Waals surface area contributed by atoms with E-state index in [1.54, 1.807) is 23.0 Å². The topological polar surface area (TPSA) is 39.9 Å². The summed E-state index contributed by atoms with van der Waals surface area (Å²) < 4.78 is 20.0. The lowest BCUT2D eigenvalue weighted by Gasteiger charge is -2.05. The number of aromatic nitrogens is 3. The van der Waals surface area contributed by atoms with Crippen LogP contribution in [0, 0.1) is 5.82 Å². The average Bonchev–Trinajstić information content (AvgIpc) is 2.78. The van der Waals surface area contributed by atoms with Gasteiger partial charge in [-0.1, -0.05) is 11.3 Å². The Kier molecular flexibility index (Phi) is 3.81. The zero-order valence-electron chi connectivity index (χ0n) is 10.1. The molecule has 0 spiro atoms. The fourth-order valence-corrected chi connectivity index (χ4v) is 1.67. The maximum Gasteiger partial charge on any atom is 0.165 e. The standard InChI is InChI=1S/C12H13ClFN3O/c1-8(13)11-7-17(16-15-11)6-9-3-4-12(18-2)10(14)5-9/h3-5,7-8H,6H2,1-2H3. The van der Waals surface area contributed by atoms with Crippen molar-refractivity contribution in [3.8, 4) is 5.75 Å². The molecule has 1 heterocycles. The van der Waals surface area contributed by atoms with Crippen LogP contribution in [0.15, 0.2) is 24.4 Å². The number of rotatable bonds is 4. The number of halogens is 2. The Morgan fingerprint density at radius 3 is 2.83 bits per heavy atom. The van der Waals surface area contributed by atoms with Gasteiger partial charge in [0.25, 0.3) is 0 Å². The molecule has 6 heteroatoms. The zero-order valence-corrected chi connectivity index (χ0v) is 10.9. The van der Waals surface area contributed by atoms with Crippen LogP contribution >= 0.6 is 11.6 Å². The van der Waals surface area contributed by atoms with Crippen LogP contribution in [0.25, 0.3) is 0 Å². The van der Waals surface area contributed by atoms with Crippen LogP contribution in [0.4, 0.5) is 4.39 Å². The lowest BCUT2D eigenvalue weighted by Crippen LogP contribution is -2.01. The molecular weight excluding hydrogens is 257 g/mol. The van der Waals surface area contributed by atoms with Crippen molar-refractivity contribution in [3.05, 3.63) is 41.5 Å². The number of hydrogen-bond acceptors (Lipinski definition) is 3. The molecule has 0 N–H and O–H groups in total. The van der Waals surface area contributed by atoms with E-state index in [-0.39, 0.29) is 16.9 Å². The van der Waals surface area contributed by atoms with Gasteiger partial charge >= 0.3 is 0 Å². The quantitative estimate of drug-likeness (QED) is 0.802. The Bertz CT molecular complexity index is 542. The summed E-state index contributed by atoms with van der Waals surface area (Å²) in [4.78, 5) is 0. The zero-order chi connectivity index (χ0) is 13.1. The summed E-state index contributed by atoms with van der Waals surface area (Å²) in [6.45, 7) is 2.26. The molecule has 0 radical (unpaired) electrons. The second-order valence-corrected chi connectivity index (χ2v) is 4.58. The van der Waals surface area contributed by atoms with Gasteiger partial charge in [0, 0.05) is 0 Å². The van der Waals surface area contributed by atoms with Crippen LogP contribution < -0.4 is 4.74 Å². The molecule has 1 atom stereocenters. The Labute approximate surface area is 109 Å². The van der Waals surface area contributed by atoms with Crippen molar-refractivity contribution in [2.45, 2.75) is 18.8 Å². The first-order chi connectivity index (χ1) is 8.60. The van der Waals surface area contributed by atoms with Crippen LogP contribution in [0.2, 0.25) is 0 Å². The van der Waals surface area contributed by atoms with Gasteiger partial charge in [0.2, 0.25) is 0 Å². The fraction of sp³-hybridized carbons (Fsp3) is 0.333. The number of alkyl halides is 1. The molecule has 0 aliphatic heterocycles. The van der Waals surface area contributed by atoms with Crippen molar-refractivity contribution in [2.24, 2.45) is 0 Å². The van der Waals surface area contributed by atoms with Crippen molar-refractivity contribution in [1.82, 2.24) is 15.0 Å². The lowest BCUT2D eigenvalue weighted by molar-refractivity contribution is 0.386. The van der Waals surface area contributed by atoms with Crippen molar-refractivity contribution < 1.29 is 9.13 Å². The molecule has 0 amide bonds. The molecule has 0 fully saturated rings. The number of benzene rings is 1. The number of nitrogens with zero attached hydrogens (tertiary/aromatic N) is 3. The highest BCUT2D eigenvalue weighted by Gasteiger charge is 2.08. The Hall–Kier alpha value is -1.62. The van der Waals surface area contributed by atoms with Gasteiger partial charge in [-0.2, -0.15) is 0 Å². The molecule has 4 nitrogen and oxygen atoms in total. The van der Waals surface area contributed by atoms with Crippen LogP contribution in [-0.2, 0) is 6.54 Å². The summed E-state index contributed by atoms with van der Waals surface area (Å²) in [6, 6.07) is 4.80. The molecule has 0 saturated carbocycles. The molecule has 0 aliphatic rings. The van der Waals surface area contributed by atoms with Gasteiger partial charge in [-0.15, -0.1) is 16.7 Å². The minimum Gasteiger partial charge on any atom is -0.494 e. The number of ether oxygens (including phenoxy) is 1. The summed E-state index contributed by atoms with van der Waals surface area (Å²) in [5, 5.41) is 7.68. The minimum absolute atomic E-state index is 0.189. The Balaban J connectivity index is 2.15. The maximum atomic E-state index is 13.5. The smallest absolute Gasteiger partial charge is 0.165 e. The SMILES string of the molecule is COc1ccc(Cn2cc(C(C)Cl)nn2)cc1F. The molecule has 18 heavy (non-hydrogen) atoms. The van der Waals surface area contributed by atoms with Crippen LogP contribution in [0.3, 0.4) is 0 Å². The first-order valence-corrected chi connectivity index (χ1v) is 5.90. The van der Waals surface area contributed by atoms with Crippen molar-refractivity contribution in [1.29, 1.82) is 0 Å². The first kappa shape index (κ1) is 12.8. The third-order valence-electron chi connectivity index (χ3n) is 2.52. The maximum absolute atomic E-state index is 13.5. The summed E-state index contributed by atoms with van der Waals surface area (Å²) in [6.07, 6.45) is 1.75. The minimum atomic E-state index is -0.388. The van der Waals surface area contributed by atoms with Crippen molar-refractivity contribution in [3.63, 3.8) is 0 Å².